The van der Waals surface area contributed by atoms with Gasteiger partial charge in [-0.2, -0.15) is 0 Å². The predicted octanol–water partition coefficient (Wildman–Crippen LogP) is 3.19. The summed E-state index contributed by atoms with van der Waals surface area (Å²) in [5.41, 5.74) is 0.755. The van der Waals surface area contributed by atoms with Crippen LogP contribution in [-0.4, -0.2) is 40.5 Å². The standard InChI is InChI=1S/C16H24BrN3O/c1-11(2)20-10-12(17)8-15(20)16(21)18-13-5-7-19-6-3-4-14(19)9-13/h8,10-11,13-14H,3-7,9H2,1-2H3,(H,18,21). The number of rotatable bonds is 3. The lowest BCUT2D eigenvalue weighted by molar-refractivity contribution is 0.0885. The summed E-state index contributed by atoms with van der Waals surface area (Å²) < 4.78 is 3.00. The van der Waals surface area contributed by atoms with Gasteiger partial charge in [-0.25, -0.2) is 0 Å². The summed E-state index contributed by atoms with van der Waals surface area (Å²) in [6, 6.07) is 3.22. The van der Waals surface area contributed by atoms with Gasteiger partial charge < -0.3 is 14.8 Å². The molecule has 21 heavy (non-hydrogen) atoms. The van der Waals surface area contributed by atoms with E-state index in [1.165, 1.54) is 19.4 Å². The Kier molecular flexibility index (Phi) is 4.41. The molecule has 2 aliphatic heterocycles. The van der Waals surface area contributed by atoms with Crippen LogP contribution in [0.15, 0.2) is 16.7 Å². The Balaban J connectivity index is 1.66. The molecule has 2 unspecified atom stereocenters. The maximum absolute atomic E-state index is 12.6. The van der Waals surface area contributed by atoms with Crippen LogP contribution < -0.4 is 5.32 Å². The number of hydrogen-bond donors (Lipinski definition) is 1. The fourth-order valence-electron chi connectivity index (χ4n) is 3.67. The molecule has 2 aliphatic rings. The number of aromatic nitrogens is 1. The van der Waals surface area contributed by atoms with Crippen LogP contribution in [0.4, 0.5) is 0 Å². The van der Waals surface area contributed by atoms with Crippen molar-refractivity contribution >= 4 is 21.8 Å². The van der Waals surface area contributed by atoms with E-state index >= 15 is 0 Å². The van der Waals surface area contributed by atoms with Crippen LogP contribution >= 0.6 is 15.9 Å². The zero-order valence-corrected chi connectivity index (χ0v) is 14.4. The molecule has 0 radical (unpaired) electrons. The molecule has 5 heteroatoms. The minimum Gasteiger partial charge on any atom is -0.348 e. The van der Waals surface area contributed by atoms with Crippen LogP contribution in [0.5, 0.6) is 0 Å². The van der Waals surface area contributed by atoms with E-state index in [2.05, 4.69) is 40.0 Å². The number of fused-ring (bicyclic) bond motifs is 1. The molecule has 1 aromatic heterocycles. The van der Waals surface area contributed by atoms with Gasteiger partial charge in [-0.3, -0.25) is 4.79 Å². The summed E-state index contributed by atoms with van der Waals surface area (Å²) in [4.78, 5) is 15.2. The van der Waals surface area contributed by atoms with Gasteiger partial charge in [-0.05, 0) is 68.1 Å². The molecule has 0 bridgehead atoms. The lowest BCUT2D eigenvalue weighted by Crippen LogP contribution is -2.47. The van der Waals surface area contributed by atoms with Gasteiger partial charge in [0.15, 0.2) is 0 Å². The lowest BCUT2D eigenvalue weighted by Gasteiger charge is -2.35. The highest BCUT2D eigenvalue weighted by atomic mass is 79.9. The monoisotopic (exact) mass is 353 g/mol. The molecular weight excluding hydrogens is 330 g/mol. The number of carbonyl (C=O) groups excluding carboxylic acids is 1. The topological polar surface area (TPSA) is 37.3 Å². The molecule has 0 saturated carbocycles. The number of hydrogen-bond acceptors (Lipinski definition) is 2. The van der Waals surface area contributed by atoms with Crippen LogP contribution in [-0.2, 0) is 0 Å². The second-order valence-corrected chi connectivity index (χ2v) is 7.49. The van der Waals surface area contributed by atoms with Crippen molar-refractivity contribution in [1.82, 2.24) is 14.8 Å². The van der Waals surface area contributed by atoms with Gasteiger partial charge in [0.2, 0.25) is 0 Å². The number of carbonyl (C=O) groups is 1. The van der Waals surface area contributed by atoms with Crippen LogP contribution in [0.25, 0.3) is 0 Å². The van der Waals surface area contributed by atoms with Crippen molar-refractivity contribution < 1.29 is 4.79 Å². The van der Waals surface area contributed by atoms with Gasteiger partial charge in [-0.15, -0.1) is 0 Å². The zero-order chi connectivity index (χ0) is 15.0. The van der Waals surface area contributed by atoms with Crippen molar-refractivity contribution in [2.75, 3.05) is 13.1 Å². The minimum absolute atomic E-state index is 0.0610. The Morgan fingerprint density at radius 1 is 1.38 bits per heavy atom. The third kappa shape index (κ3) is 3.19. The Morgan fingerprint density at radius 3 is 2.95 bits per heavy atom. The molecule has 0 spiro atoms. The van der Waals surface area contributed by atoms with Crippen molar-refractivity contribution in [3.05, 3.63) is 22.4 Å². The number of nitrogens with zero attached hydrogens (tertiary/aromatic N) is 2. The fourth-order valence-corrected chi connectivity index (χ4v) is 4.11. The van der Waals surface area contributed by atoms with E-state index in [0.29, 0.717) is 12.1 Å². The molecule has 0 aromatic carbocycles. The number of halogens is 1. The highest BCUT2D eigenvalue weighted by Crippen LogP contribution is 2.27. The first kappa shape index (κ1) is 15.1. The molecule has 1 amide bonds. The average Bonchev–Trinajstić information content (AvgIpc) is 3.04. The molecule has 1 aromatic rings. The van der Waals surface area contributed by atoms with Crippen LogP contribution in [0.3, 0.4) is 0 Å². The Labute approximate surface area is 135 Å². The minimum atomic E-state index is 0.0610. The van der Waals surface area contributed by atoms with Crippen molar-refractivity contribution in [2.24, 2.45) is 0 Å². The van der Waals surface area contributed by atoms with Crippen LogP contribution in [0, 0.1) is 0 Å². The van der Waals surface area contributed by atoms with E-state index in [1.807, 2.05) is 16.8 Å². The molecule has 2 fully saturated rings. The van der Waals surface area contributed by atoms with Crippen molar-refractivity contribution in [2.45, 2.75) is 57.7 Å². The van der Waals surface area contributed by atoms with Crippen molar-refractivity contribution in [3.8, 4) is 0 Å². The third-order valence-corrected chi connectivity index (χ3v) is 5.19. The van der Waals surface area contributed by atoms with Gasteiger partial charge >= 0.3 is 0 Å². The molecule has 4 nitrogen and oxygen atoms in total. The molecule has 2 atom stereocenters. The second-order valence-electron chi connectivity index (χ2n) is 6.57. The van der Waals surface area contributed by atoms with Crippen LogP contribution in [0.2, 0.25) is 0 Å². The second kappa shape index (κ2) is 6.13. The first-order valence-corrected chi connectivity index (χ1v) is 8.76. The van der Waals surface area contributed by atoms with E-state index in [1.54, 1.807) is 0 Å². The highest BCUT2D eigenvalue weighted by molar-refractivity contribution is 9.10. The summed E-state index contributed by atoms with van der Waals surface area (Å²) in [7, 11) is 0. The summed E-state index contributed by atoms with van der Waals surface area (Å²) in [5.74, 6) is 0.0610. The average molecular weight is 354 g/mol. The first-order chi connectivity index (χ1) is 10.0. The molecular formula is C16H24BrN3O. The predicted molar refractivity (Wildman–Crippen MR) is 87.6 cm³/mol. The van der Waals surface area contributed by atoms with Crippen molar-refractivity contribution in [1.29, 1.82) is 0 Å². The first-order valence-electron chi connectivity index (χ1n) is 7.97. The largest absolute Gasteiger partial charge is 0.348 e. The number of nitrogens with one attached hydrogen (secondary N) is 1. The van der Waals surface area contributed by atoms with Crippen molar-refractivity contribution in [3.63, 3.8) is 0 Å². The Bertz CT molecular complexity index is 526. The molecule has 0 aliphatic carbocycles. The number of piperidine rings is 1. The van der Waals surface area contributed by atoms with E-state index in [4.69, 9.17) is 0 Å². The molecule has 3 heterocycles. The maximum Gasteiger partial charge on any atom is 0.268 e. The number of amides is 1. The Hall–Kier alpha value is -0.810. The lowest BCUT2D eigenvalue weighted by atomic mass is 9.97. The third-order valence-electron chi connectivity index (χ3n) is 4.76. The summed E-state index contributed by atoms with van der Waals surface area (Å²) in [6.07, 6.45) is 6.77. The van der Waals surface area contributed by atoms with Gasteiger partial charge in [0, 0.05) is 35.3 Å². The van der Waals surface area contributed by atoms with Gasteiger partial charge in [0.05, 0.1) is 0 Å². The van der Waals surface area contributed by atoms with Gasteiger partial charge in [0.1, 0.15) is 5.69 Å². The van der Waals surface area contributed by atoms with Crippen LogP contribution in [0.1, 0.15) is 56.1 Å². The summed E-state index contributed by atoms with van der Waals surface area (Å²) in [5, 5.41) is 3.25. The normalized spacial score (nSPS) is 26.1. The zero-order valence-electron chi connectivity index (χ0n) is 12.8. The summed E-state index contributed by atoms with van der Waals surface area (Å²) >= 11 is 3.47. The highest BCUT2D eigenvalue weighted by Gasteiger charge is 2.32. The Morgan fingerprint density at radius 2 is 2.19 bits per heavy atom. The summed E-state index contributed by atoms with van der Waals surface area (Å²) in [6.45, 7) is 6.57. The van der Waals surface area contributed by atoms with E-state index in [9.17, 15) is 4.79 Å². The molecule has 1 N–H and O–H groups in total. The van der Waals surface area contributed by atoms with Gasteiger partial charge in [0.25, 0.3) is 5.91 Å². The van der Waals surface area contributed by atoms with E-state index < -0.39 is 0 Å². The van der Waals surface area contributed by atoms with E-state index in [0.717, 1.165) is 29.6 Å². The maximum atomic E-state index is 12.6. The van der Waals surface area contributed by atoms with Gasteiger partial charge in [-0.1, -0.05) is 0 Å². The fraction of sp³-hybridized carbons (Fsp3) is 0.688. The quantitative estimate of drug-likeness (QED) is 0.905. The molecule has 2 saturated heterocycles. The van der Waals surface area contributed by atoms with E-state index in [-0.39, 0.29) is 11.9 Å². The SMILES string of the molecule is CC(C)n1cc(Br)cc1C(=O)NC1CCN2CCCC2C1. The smallest absolute Gasteiger partial charge is 0.268 e. The molecule has 3 rings (SSSR count). The molecule has 116 valence electrons.